The van der Waals surface area contributed by atoms with Gasteiger partial charge in [-0.2, -0.15) is 0 Å². The summed E-state index contributed by atoms with van der Waals surface area (Å²) in [4.78, 5) is 3.21. The van der Waals surface area contributed by atoms with Gasteiger partial charge < -0.3 is 19.0 Å². The van der Waals surface area contributed by atoms with Gasteiger partial charge in [0.25, 0.3) is 0 Å². The lowest BCUT2D eigenvalue weighted by molar-refractivity contribution is 0.104. The van der Waals surface area contributed by atoms with Crippen LogP contribution in [0.1, 0.15) is 13.8 Å². The molecule has 0 bridgehead atoms. The Bertz CT molecular complexity index is 588. The van der Waals surface area contributed by atoms with Crippen molar-refractivity contribution in [2.24, 2.45) is 0 Å². The summed E-state index contributed by atoms with van der Waals surface area (Å²) in [6.45, 7) is 5.36. The van der Waals surface area contributed by atoms with Gasteiger partial charge in [0.15, 0.2) is 4.77 Å². The first-order valence-corrected chi connectivity index (χ1v) is 6.45. The zero-order valence-electron chi connectivity index (χ0n) is 10.9. The Kier molecular flexibility index (Phi) is 4.04. The first kappa shape index (κ1) is 13.1. The Hall–Kier alpha value is -1.33. The molecule has 98 valence electrons. The third-order valence-electron chi connectivity index (χ3n) is 2.91. The molecule has 2 rings (SSSR count). The van der Waals surface area contributed by atoms with Crippen LogP contribution >= 0.6 is 12.2 Å². The Morgan fingerprint density at radius 2 is 2.22 bits per heavy atom. The maximum atomic E-state index is 5.60. The molecule has 1 aromatic carbocycles. The first-order valence-electron chi connectivity index (χ1n) is 6.04. The van der Waals surface area contributed by atoms with Gasteiger partial charge in [-0.25, -0.2) is 0 Å². The van der Waals surface area contributed by atoms with Crippen LogP contribution in [0.3, 0.4) is 0 Å². The molecule has 1 heterocycles. The number of rotatable bonds is 5. The number of imidazole rings is 1. The molecule has 18 heavy (non-hydrogen) atoms. The lowest BCUT2D eigenvalue weighted by atomic mass is 10.3. The first-order chi connectivity index (χ1) is 8.67. The van der Waals surface area contributed by atoms with Crippen molar-refractivity contribution >= 4 is 23.3 Å². The fraction of sp³-hybridized carbons (Fsp3) is 0.462. The normalized spacial score (nSPS) is 12.8. The molecule has 1 N–H and O–H groups in total. The van der Waals surface area contributed by atoms with Gasteiger partial charge in [-0.1, -0.05) is 6.07 Å². The maximum Gasteiger partial charge on any atom is 0.178 e. The average Bonchev–Trinajstić information content (AvgIpc) is 2.68. The summed E-state index contributed by atoms with van der Waals surface area (Å²) in [7, 11) is 1.70. The third kappa shape index (κ3) is 2.42. The predicted octanol–water partition coefficient (Wildman–Crippen LogP) is 3.13. The van der Waals surface area contributed by atoms with E-state index in [1.54, 1.807) is 7.11 Å². The monoisotopic (exact) mass is 266 g/mol. The van der Waals surface area contributed by atoms with Crippen molar-refractivity contribution in [2.45, 2.75) is 26.5 Å². The largest absolute Gasteiger partial charge is 0.492 e. The summed E-state index contributed by atoms with van der Waals surface area (Å²) >= 11 is 5.36. The van der Waals surface area contributed by atoms with Crippen molar-refractivity contribution in [2.75, 3.05) is 13.7 Å². The minimum absolute atomic E-state index is 0.117. The Labute approximate surface area is 112 Å². The molecular formula is C13H18N2O2S. The molecule has 1 aromatic heterocycles. The fourth-order valence-corrected chi connectivity index (χ4v) is 2.22. The number of para-hydroxylation sites is 1. The highest BCUT2D eigenvalue weighted by Crippen LogP contribution is 2.25. The number of nitrogens with one attached hydrogen (secondary N) is 1. The summed E-state index contributed by atoms with van der Waals surface area (Å²) in [5.41, 5.74) is 2.00. The molecule has 0 saturated carbocycles. The number of hydrogen-bond donors (Lipinski definition) is 1. The molecule has 0 amide bonds. The van der Waals surface area contributed by atoms with E-state index >= 15 is 0 Å². The SMILES string of the molecule is CCOc1cccc2c1[nH]c(=S)n2CC(C)OC. The van der Waals surface area contributed by atoms with E-state index in [1.807, 2.05) is 36.6 Å². The Balaban J connectivity index is 2.51. The minimum atomic E-state index is 0.117. The van der Waals surface area contributed by atoms with Gasteiger partial charge in [-0.3, -0.25) is 0 Å². The molecule has 5 heteroatoms. The van der Waals surface area contributed by atoms with Gasteiger partial charge in [0.05, 0.1) is 24.8 Å². The molecule has 1 atom stereocenters. The highest BCUT2D eigenvalue weighted by Gasteiger charge is 2.11. The van der Waals surface area contributed by atoms with Gasteiger partial charge in [0.2, 0.25) is 0 Å². The van der Waals surface area contributed by atoms with Gasteiger partial charge in [-0.05, 0) is 38.2 Å². The number of methoxy groups -OCH3 is 1. The second-order valence-electron chi connectivity index (χ2n) is 4.17. The zero-order chi connectivity index (χ0) is 13.1. The number of benzene rings is 1. The van der Waals surface area contributed by atoms with Crippen LogP contribution in [0.2, 0.25) is 0 Å². The molecule has 0 fully saturated rings. The van der Waals surface area contributed by atoms with E-state index < -0.39 is 0 Å². The quantitative estimate of drug-likeness (QED) is 0.845. The van der Waals surface area contributed by atoms with E-state index in [9.17, 15) is 0 Å². The highest BCUT2D eigenvalue weighted by molar-refractivity contribution is 7.71. The van der Waals surface area contributed by atoms with E-state index in [0.717, 1.165) is 23.3 Å². The number of nitrogens with zero attached hydrogens (tertiary/aromatic N) is 1. The van der Waals surface area contributed by atoms with Gasteiger partial charge in [-0.15, -0.1) is 0 Å². The van der Waals surface area contributed by atoms with Crippen LogP contribution in [-0.4, -0.2) is 29.4 Å². The van der Waals surface area contributed by atoms with E-state index in [1.165, 1.54) is 0 Å². The second kappa shape index (κ2) is 5.54. The predicted molar refractivity (Wildman–Crippen MR) is 74.8 cm³/mol. The van der Waals surface area contributed by atoms with Crippen LogP contribution in [0.25, 0.3) is 11.0 Å². The van der Waals surface area contributed by atoms with E-state index in [4.69, 9.17) is 21.7 Å². The van der Waals surface area contributed by atoms with Crippen molar-refractivity contribution in [1.82, 2.24) is 9.55 Å². The van der Waals surface area contributed by atoms with E-state index in [-0.39, 0.29) is 6.10 Å². The highest BCUT2D eigenvalue weighted by atomic mass is 32.1. The van der Waals surface area contributed by atoms with Gasteiger partial charge in [0.1, 0.15) is 11.3 Å². The minimum Gasteiger partial charge on any atom is -0.492 e. The summed E-state index contributed by atoms with van der Waals surface area (Å²) in [5, 5.41) is 0. The van der Waals surface area contributed by atoms with Crippen molar-refractivity contribution in [3.8, 4) is 5.75 Å². The van der Waals surface area contributed by atoms with E-state index in [2.05, 4.69) is 4.98 Å². The fourth-order valence-electron chi connectivity index (χ4n) is 1.94. The summed E-state index contributed by atoms with van der Waals surface area (Å²) < 4.78 is 13.6. The van der Waals surface area contributed by atoms with E-state index in [0.29, 0.717) is 11.4 Å². The summed E-state index contributed by atoms with van der Waals surface area (Å²) in [6, 6.07) is 5.96. The van der Waals surface area contributed by atoms with Crippen molar-refractivity contribution in [3.63, 3.8) is 0 Å². The molecule has 0 saturated heterocycles. The van der Waals surface area contributed by atoms with Gasteiger partial charge >= 0.3 is 0 Å². The number of H-pyrrole nitrogens is 1. The van der Waals surface area contributed by atoms with Crippen LogP contribution in [0, 0.1) is 4.77 Å². The number of aromatic amines is 1. The van der Waals surface area contributed by atoms with Crippen LogP contribution in [-0.2, 0) is 11.3 Å². The second-order valence-corrected chi connectivity index (χ2v) is 4.56. The molecule has 4 nitrogen and oxygen atoms in total. The van der Waals surface area contributed by atoms with Crippen LogP contribution < -0.4 is 4.74 Å². The number of ether oxygens (including phenoxy) is 2. The summed E-state index contributed by atoms with van der Waals surface area (Å²) in [5.74, 6) is 0.838. The van der Waals surface area contributed by atoms with Crippen molar-refractivity contribution in [3.05, 3.63) is 23.0 Å². The standard InChI is InChI=1S/C13H18N2O2S/c1-4-17-11-7-5-6-10-12(11)14-13(18)15(10)8-9(2)16-3/h5-7,9H,4,8H2,1-3H3,(H,14,18). The third-order valence-corrected chi connectivity index (χ3v) is 3.24. The van der Waals surface area contributed by atoms with Crippen molar-refractivity contribution < 1.29 is 9.47 Å². The van der Waals surface area contributed by atoms with Crippen molar-refractivity contribution in [1.29, 1.82) is 0 Å². The number of fused-ring (bicyclic) bond motifs is 1. The average molecular weight is 266 g/mol. The topological polar surface area (TPSA) is 39.2 Å². The van der Waals surface area contributed by atoms with Gasteiger partial charge in [0, 0.05) is 7.11 Å². The van der Waals surface area contributed by atoms with Crippen LogP contribution in [0.15, 0.2) is 18.2 Å². The zero-order valence-corrected chi connectivity index (χ0v) is 11.7. The Morgan fingerprint density at radius 1 is 1.44 bits per heavy atom. The molecule has 0 aliphatic heterocycles. The van der Waals surface area contributed by atoms with Crippen LogP contribution in [0.5, 0.6) is 5.75 Å². The number of hydrogen-bond acceptors (Lipinski definition) is 3. The lowest BCUT2D eigenvalue weighted by Crippen LogP contribution is -2.14. The molecule has 2 aromatic rings. The lowest BCUT2D eigenvalue weighted by Gasteiger charge is -2.11. The molecular weight excluding hydrogens is 248 g/mol. The molecule has 0 spiro atoms. The molecule has 1 unspecified atom stereocenters. The summed E-state index contributed by atoms with van der Waals surface area (Å²) in [6.07, 6.45) is 0.117. The number of aromatic nitrogens is 2. The van der Waals surface area contributed by atoms with Crippen LogP contribution in [0.4, 0.5) is 0 Å². The maximum absolute atomic E-state index is 5.60. The smallest absolute Gasteiger partial charge is 0.178 e. The Morgan fingerprint density at radius 3 is 2.89 bits per heavy atom. The molecule has 0 aliphatic rings. The molecule has 0 radical (unpaired) electrons. The molecule has 0 aliphatic carbocycles.